The van der Waals surface area contributed by atoms with Crippen molar-refractivity contribution in [1.29, 1.82) is 0 Å². The maximum atomic E-state index is 5.95. The van der Waals surface area contributed by atoms with Gasteiger partial charge in [-0.05, 0) is 13.0 Å². The van der Waals surface area contributed by atoms with E-state index in [1.54, 1.807) is 11.3 Å². The van der Waals surface area contributed by atoms with E-state index in [2.05, 4.69) is 9.97 Å². The van der Waals surface area contributed by atoms with Gasteiger partial charge in [0.25, 0.3) is 0 Å². The summed E-state index contributed by atoms with van der Waals surface area (Å²) in [4.78, 5) is 10.4. The van der Waals surface area contributed by atoms with Crippen molar-refractivity contribution in [2.75, 3.05) is 0 Å². The molecule has 68 valence electrons. The van der Waals surface area contributed by atoms with E-state index < -0.39 is 0 Å². The number of aromatic nitrogens is 2. The maximum Gasteiger partial charge on any atom is 0.146 e. The summed E-state index contributed by atoms with van der Waals surface area (Å²) in [5, 5.41) is 1.41. The van der Waals surface area contributed by atoms with Crippen LogP contribution in [0.25, 0.3) is 10.2 Å². The van der Waals surface area contributed by atoms with Crippen LogP contribution in [0, 0.1) is 6.92 Å². The number of nitrogens with zero attached hydrogens (tertiary/aromatic N) is 2. The summed E-state index contributed by atoms with van der Waals surface area (Å²) >= 11 is 13.2. The summed E-state index contributed by atoms with van der Waals surface area (Å²) in [6.07, 6.45) is 0. The van der Waals surface area contributed by atoms with Crippen LogP contribution in [0.1, 0.15) is 10.7 Å². The van der Waals surface area contributed by atoms with Crippen molar-refractivity contribution in [3.05, 3.63) is 21.9 Å². The maximum absolute atomic E-state index is 5.95. The number of hydrogen-bond donors (Lipinski definition) is 0. The van der Waals surface area contributed by atoms with Crippen LogP contribution < -0.4 is 0 Å². The van der Waals surface area contributed by atoms with E-state index in [-0.39, 0.29) is 0 Å². The molecule has 0 bridgehead atoms. The molecule has 0 saturated carbocycles. The zero-order valence-electron chi connectivity index (χ0n) is 6.84. The van der Waals surface area contributed by atoms with Crippen LogP contribution in [-0.2, 0) is 5.88 Å². The van der Waals surface area contributed by atoms with Gasteiger partial charge in [0, 0.05) is 10.3 Å². The molecule has 2 aromatic rings. The minimum Gasteiger partial charge on any atom is -0.221 e. The van der Waals surface area contributed by atoms with Crippen molar-refractivity contribution in [3.63, 3.8) is 0 Å². The van der Waals surface area contributed by atoms with Gasteiger partial charge in [0.1, 0.15) is 15.8 Å². The van der Waals surface area contributed by atoms with E-state index in [1.807, 2.05) is 13.0 Å². The largest absolute Gasteiger partial charge is 0.221 e. The summed E-state index contributed by atoms with van der Waals surface area (Å²) in [5.41, 5.74) is 0. The Morgan fingerprint density at radius 3 is 2.92 bits per heavy atom. The Labute approximate surface area is 89.5 Å². The number of rotatable bonds is 1. The lowest BCUT2D eigenvalue weighted by Crippen LogP contribution is -1.90. The summed E-state index contributed by atoms with van der Waals surface area (Å²) in [6, 6.07) is 1.99. The topological polar surface area (TPSA) is 25.8 Å². The van der Waals surface area contributed by atoms with Crippen molar-refractivity contribution >= 4 is 44.8 Å². The van der Waals surface area contributed by atoms with E-state index in [4.69, 9.17) is 23.2 Å². The van der Waals surface area contributed by atoms with Crippen LogP contribution in [0.2, 0.25) is 5.15 Å². The molecule has 2 heterocycles. The van der Waals surface area contributed by atoms with Crippen LogP contribution in [0.15, 0.2) is 6.07 Å². The Morgan fingerprint density at radius 2 is 2.23 bits per heavy atom. The minimum absolute atomic E-state index is 0.298. The van der Waals surface area contributed by atoms with E-state index in [0.717, 1.165) is 10.2 Å². The van der Waals surface area contributed by atoms with E-state index in [1.165, 1.54) is 4.88 Å². The molecule has 0 spiro atoms. The highest BCUT2D eigenvalue weighted by Crippen LogP contribution is 2.28. The first-order valence-electron chi connectivity index (χ1n) is 3.69. The van der Waals surface area contributed by atoms with Gasteiger partial charge >= 0.3 is 0 Å². The van der Waals surface area contributed by atoms with Crippen molar-refractivity contribution in [1.82, 2.24) is 9.97 Å². The second-order valence-electron chi connectivity index (χ2n) is 2.64. The molecular formula is C8H6Cl2N2S. The Bertz CT molecular complexity index is 453. The fraction of sp³-hybridized carbons (Fsp3) is 0.250. The fourth-order valence-corrected chi connectivity index (χ4v) is 2.42. The highest BCUT2D eigenvalue weighted by molar-refractivity contribution is 7.18. The molecule has 0 fully saturated rings. The zero-order chi connectivity index (χ0) is 9.42. The van der Waals surface area contributed by atoms with Gasteiger partial charge in [0.2, 0.25) is 0 Å². The molecule has 0 radical (unpaired) electrons. The lowest BCUT2D eigenvalue weighted by atomic mass is 10.4. The highest BCUT2D eigenvalue weighted by Gasteiger charge is 2.07. The third-order valence-electron chi connectivity index (χ3n) is 1.64. The molecule has 0 saturated heterocycles. The summed E-state index contributed by atoms with van der Waals surface area (Å²) < 4.78 is 0. The van der Waals surface area contributed by atoms with Crippen LogP contribution in [0.3, 0.4) is 0 Å². The zero-order valence-corrected chi connectivity index (χ0v) is 9.17. The molecular weight excluding hydrogens is 227 g/mol. The molecule has 2 nitrogen and oxygen atoms in total. The van der Waals surface area contributed by atoms with Crippen LogP contribution in [0.5, 0.6) is 0 Å². The first kappa shape index (κ1) is 9.19. The van der Waals surface area contributed by atoms with E-state index in [0.29, 0.717) is 16.9 Å². The first-order chi connectivity index (χ1) is 6.20. The normalized spacial score (nSPS) is 11.0. The van der Waals surface area contributed by atoms with Gasteiger partial charge in [-0.3, -0.25) is 0 Å². The number of aryl methyl sites for hydroxylation is 1. The number of thiophene rings is 1. The monoisotopic (exact) mass is 232 g/mol. The SMILES string of the molecule is Cc1cc2c(Cl)nc(CCl)nc2s1. The van der Waals surface area contributed by atoms with Gasteiger partial charge in [-0.2, -0.15) is 0 Å². The molecule has 0 amide bonds. The van der Waals surface area contributed by atoms with Gasteiger partial charge in [-0.1, -0.05) is 11.6 Å². The standard InChI is InChI=1S/C8H6Cl2N2S/c1-4-2-5-7(10)11-6(3-9)12-8(5)13-4/h2H,3H2,1H3. The highest BCUT2D eigenvalue weighted by atomic mass is 35.5. The molecule has 2 aromatic heterocycles. The van der Waals surface area contributed by atoms with Crippen LogP contribution in [0.4, 0.5) is 0 Å². The summed E-state index contributed by atoms with van der Waals surface area (Å²) in [6.45, 7) is 2.02. The molecule has 13 heavy (non-hydrogen) atoms. The fourth-order valence-electron chi connectivity index (χ4n) is 1.11. The quantitative estimate of drug-likeness (QED) is 0.557. The number of alkyl halides is 1. The lowest BCUT2D eigenvalue weighted by molar-refractivity contribution is 1.07. The average molecular weight is 233 g/mol. The van der Waals surface area contributed by atoms with Crippen molar-refractivity contribution < 1.29 is 0 Å². The minimum atomic E-state index is 0.298. The Hall–Kier alpha value is -0.380. The third-order valence-corrected chi connectivity index (χ3v) is 3.11. The Balaban J connectivity index is 2.75. The average Bonchev–Trinajstić information content (AvgIpc) is 2.46. The Morgan fingerprint density at radius 1 is 1.46 bits per heavy atom. The Kier molecular flexibility index (Phi) is 2.41. The summed E-state index contributed by atoms with van der Waals surface area (Å²) in [7, 11) is 0. The second-order valence-corrected chi connectivity index (χ2v) is 4.50. The van der Waals surface area contributed by atoms with Gasteiger partial charge in [0.15, 0.2) is 0 Å². The molecule has 0 aromatic carbocycles. The van der Waals surface area contributed by atoms with Crippen molar-refractivity contribution in [3.8, 4) is 0 Å². The van der Waals surface area contributed by atoms with E-state index in [9.17, 15) is 0 Å². The van der Waals surface area contributed by atoms with Gasteiger partial charge in [-0.15, -0.1) is 22.9 Å². The molecule has 0 atom stereocenters. The predicted molar refractivity (Wildman–Crippen MR) is 56.7 cm³/mol. The molecule has 0 aliphatic heterocycles. The number of halogens is 2. The third kappa shape index (κ3) is 1.64. The van der Waals surface area contributed by atoms with Gasteiger partial charge in [-0.25, -0.2) is 9.97 Å². The molecule has 5 heteroatoms. The second kappa shape index (κ2) is 3.40. The van der Waals surface area contributed by atoms with Crippen LogP contribution in [-0.4, -0.2) is 9.97 Å². The first-order valence-corrected chi connectivity index (χ1v) is 5.42. The molecule has 0 unspecified atom stereocenters. The summed E-state index contributed by atoms with van der Waals surface area (Å²) in [5.74, 6) is 0.882. The number of fused-ring (bicyclic) bond motifs is 1. The van der Waals surface area contributed by atoms with Gasteiger partial charge < -0.3 is 0 Å². The van der Waals surface area contributed by atoms with Crippen molar-refractivity contribution in [2.45, 2.75) is 12.8 Å². The van der Waals surface area contributed by atoms with Gasteiger partial charge in [0.05, 0.1) is 5.88 Å². The number of hydrogen-bond acceptors (Lipinski definition) is 3. The van der Waals surface area contributed by atoms with E-state index >= 15 is 0 Å². The lowest BCUT2D eigenvalue weighted by Gasteiger charge is -1.95. The molecule has 0 N–H and O–H groups in total. The van der Waals surface area contributed by atoms with Crippen LogP contribution >= 0.6 is 34.5 Å². The molecule has 0 aliphatic carbocycles. The van der Waals surface area contributed by atoms with Crippen molar-refractivity contribution in [2.24, 2.45) is 0 Å². The predicted octanol–water partition coefficient (Wildman–Crippen LogP) is 3.39. The smallest absolute Gasteiger partial charge is 0.146 e. The molecule has 2 rings (SSSR count). The molecule has 0 aliphatic rings.